The third-order valence-electron chi connectivity index (χ3n) is 4.64. The van der Waals surface area contributed by atoms with Crippen molar-refractivity contribution in [2.24, 2.45) is 5.14 Å². The topological polar surface area (TPSA) is 149 Å². The van der Waals surface area contributed by atoms with Gasteiger partial charge in [-0.05, 0) is 49.6 Å². The van der Waals surface area contributed by atoms with Crippen LogP contribution >= 0.6 is 0 Å². The Morgan fingerprint density at radius 2 is 2.07 bits per heavy atom. The molecule has 1 aromatic heterocycles. The van der Waals surface area contributed by atoms with Crippen LogP contribution in [0.3, 0.4) is 0 Å². The number of hydrogen-bond donors (Lipinski definition) is 2. The van der Waals surface area contributed by atoms with Crippen LogP contribution in [0, 0.1) is 6.92 Å². The maximum Gasteiger partial charge on any atom is 0.329 e. The Labute approximate surface area is 173 Å². The van der Waals surface area contributed by atoms with E-state index in [-0.39, 0.29) is 16.3 Å². The first-order valence-corrected chi connectivity index (χ1v) is 10.7. The molecule has 3 rings (SSSR count). The number of sulfonamides is 1. The summed E-state index contributed by atoms with van der Waals surface area (Å²) in [5, 5.41) is 7.60. The van der Waals surface area contributed by atoms with Gasteiger partial charge in [0, 0.05) is 12.2 Å². The molecule has 0 spiro atoms. The number of rotatable bonds is 6. The zero-order valence-corrected chi connectivity index (χ0v) is 17.0. The molecule has 0 saturated carbocycles. The van der Waals surface area contributed by atoms with Crippen LogP contribution in [-0.4, -0.2) is 50.3 Å². The van der Waals surface area contributed by atoms with Gasteiger partial charge in [-0.25, -0.2) is 18.4 Å². The lowest BCUT2D eigenvalue weighted by molar-refractivity contribution is -0.151. The van der Waals surface area contributed by atoms with E-state index in [1.54, 1.807) is 13.0 Å². The van der Waals surface area contributed by atoms with Crippen molar-refractivity contribution in [2.75, 3.05) is 18.5 Å². The van der Waals surface area contributed by atoms with E-state index in [0.717, 1.165) is 0 Å². The van der Waals surface area contributed by atoms with Crippen LogP contribution in [0.25, 0.3) is 0 Å². The maximum absolute atomic E-state index is 12.4. The fraction of sp³-hybridized carbons (Fsp3) is 0.316. The first kappa shape index (κ1) is 21.5. The smallest absolute Gasteiger partial charge is 0.329 e. The molecule has 2 heterocycles. The number of benzene rings is 1. The van der Waals surface area contributed by atoms with Gasteiger partial charge in [0.15, 0.2) is 12.4 Å². The third kappa shape index (κ3) is 4.86. The van der Waals surface area contributed by atoms with E-state index in [4.69, 9.17) is 14.3 Å². The van der Waals surface area contributed by atoms with Crippen molar-refractivity contribution in [3.8, 4) is 0 Å². The van der Waals surface area contributed by atoms with Crippen molar-refractivity contribution < 1.29 is 32.0 Å². The number of ether oxygens (including phenoxy) is 1. The summed E-state index contributed by atoms with van der Waals surface area (Å²) >= 11 is 0. The first-order chi connectivity index (χ1) is 14.2. The highest BCUT2D eigenvalue weighted by molar-refractivity contribution is 7.89. The molecule has 11 heteroatoms. The van der Waals surface area contributed by atoms with Crippen LogP contribution in [0.5, 0.6) is 0 Å². The van der Waals surface area contributed by atoms with Crippen molar-refractivity contribution in [3.05, 3.63) is 47.9 Å². The molecule has 10 nitrogen and oxygen atoms in total. The number of anilines is 1. The van der Waals surface area contributed by atoms with E-state index < -0.39 is 40.5 Å². The highest BCUT2D eigenvalue weighted by atomic mass is 32.2. The molecular formula is C19H21N3O7S. The second-order valence-corrected chi connectivity index (χ2v) is 8.34. The van der Waals surface area contributed by atoms with Gasteiger partial charge in [-0.15, -0.1) is 0 Å². The number of carbonyl (C=O) groups excluding carboxylic acids is 3. The van der Waals surface area contributed by atoms with Gasteiger partial charge >= 0.3 is 5.97 Å². The van der Waals surface area contributed by atoms with E-state index in [1.165, 1.54) is 35.4 Å². The van der Waals surface area contributed by atoms with Gasteiger partial charge in [-0.1, -0.05) is 6.07 Å². The van der Waals surface area contributed by atoms with Crippen molar-refractivity contribution in [2.45, 2.75) is 30.7 Å². The Morgan fingerprint density at radius 1 is 1.30 bits per heavy atom. The summed E-state index contributed by atoms with van der Waals surface area (Å²) in [6.45, 7) is 1.37. The lowest BCUT2D eigenvalue weighted by Crippen LogP contribution is -2.42. The monoisotopic (exact) mass is 435 g/mol. The molecule has 0 radical (unpaired) electrons. The van der Waals surface area contributed by atoms with Crippen molar-refractivity contribution in [1.82, 2.24) is 4.90 Å². The maximum atomic E-state index is 12.4. The second-order valence-electron chi connectivity index (χ2n) is 6.82. The van der Waals surface area contributed by atoms with Crippen LogP contribution in [0.15, 0.2) is 45.9 Å². The number of nitrogens with two attached hydrogens (primary N) is 1. The molecule has 3 N–H and O–H groups in total. The number of nitrogens with zero attached hydrogens (tertiary/aromatic N) is 1. The quantitative estimate of drug-likeness (QED) is 0.643. The largest absolute Gasteiger partial charge is 0.459 e. The summed E-state index contributed by atoms with van der Waals surface area (Å²) in [5.41, 5.74) is 0.630. The summed E-state index contributed by atoms with van der Waals surface area (Å²) < 4.78 is 33.3. The SMILES string of the molecule is Cc1ccc(NC(=O)COC(=O)C2CCCN2C(=O)c2ccco2)cc1S(N)(=O)=O. The molecular weight excluding hydrogens is 414 g/mol. The molecule has 1 unspecified atom stereocenters. The summed E-state index contributed by atoms with van der Waals surface area (Å²) in [6.07, 6.45) is 2.41. The molecule has 0 aliphatic carbocycles. The Bertz CT molecular complexity index is 1060. The normalized spacial score (nSPS) is 16.3. The molecule has 30 heavy (non-hydrogen) atoms. The Kier molecular flexibility index (Phi) is 6.22. The minimum Gasteiger partial charge on any atom is -0.459 e. The van der Waals surface area contributed by atoms with Crippen molar-refractivity contribution in [1.29, 1.82) is 0 Å². The van der Waals surface area contributed by atoms with Gasteiger partial charge in [0.2, 0.25) is 10.0 Å². The van der Waals surface area contributed by atoms with Gasteiger partial charge in [0.05, 0.1) is 11.2 Å². The summed E-state index contributed by atoms with van der Waals surface area (Å²) in [7, 11) is -3.94. The molecule has 0 bridgehead atoms. The van der Waals surface area contributed by atoms with E-state index >= 15 is 0 Å². The van der Waals surface area contributed by atoms with E-state index in [0.29, 0.717) is 24.9 Å². The zero-order chi connectivity index (χ0) is 21.9. The molecule has 2 amide bonds. The minimum atomic E-state index is -3.94. The van der Waals surface area contributed by atoms with Crippen LogP contribution < -0.4 is 10.5 Å². The Morgan fingerprint density at radius 3 is 2.73 bits per heavy atom. The molecule has 1 aliphatic rings. The number of primary sulfonamides is 1. The number of likely N-dealkylation sites (tertiary alicyclic amines) is 1. The number of carbonyl (C=O) groups is 3. The van der Waals surface area contributed by atoms with Gasteiger partial charge in [0.1, 0.15) is 6.04 Å². The molecule has 1 aromatic carbocycles. The highest BCUT2D eigenvalue weighted by Crippen LogP contribution is 2.22. The van der Waals surface area contributed by atoms with Crippen molar-refractivity contribution in [3.63, 3.8) is 0 Å². The molecule has 1 atom stereocenters. The van der Waals surface area contributed by atoms with E-state index in [2.05, 4.69) is 5.32 Å². The molecule has 2 aromatic rings. The molecule has 1 saturated heterocycles. The molecule has 1 fully saturated rings. The number of amides is 2. The number of esters is 1. The summed E-state index contributed by atoms with van der Waals surface area (Å²) in [6, 6.07) is 6.51. The van der Waals surface area contributed by atoms with Crippen molar-refractivity contribution >= 4 is 33.5 Å². The standard InChI is InChI=1S/C19H21N3O7S/c1-12-6-7-13(10-16(12)30(20,26)27)21-17(23)11-29-19(25)14-4-2-8-22(14)18(24)15-5-3-9-28-15/h3,5-7,9-10,14H,2,4,8,11H2,1H3,(H,21,23)(H2,20,26,27). The fourth-order valence-corrected chi connectivity index (χ4v) is 4.02. The van der Waals surface area contributed by atoms with Crippen LogP contribution in [0.1, 0.15) is 29.0 Å². The van der Waals surface area contributed by atoms with Crippen LogP contribution in [-0.2, 0) is 24.3 Å². The molecule has 1 aliphatic heterocycles. The lowest BCUT2D eigenvalue weighted by atomic mass is 10.2. The van der Waals surface area contributed by atoms with Crippen LogP contribution in [0.4, 0.5) is 5.69 Å². The second kappa shape index (κ2) is 8.67. The average molecular weight is 435 g/mol. The van der Waals surface area contributed by atoms with Gasteiger partial charge in [0.25, 0.3) is 11.8 Å². The predicted molar refractivity (Wildman–Crippen MR) is 105 cm³/mol. The Hall–Kier alpha value is -3.18. The zero-order valence-electron chi connectivity index (χ0n) is 16.2. The average Bonchev–Trinajstić information content (AvgIpc) is 3.38. The number of nitrogens with one attached hydrogen (secondary N) is 1. The van der Waals surface area contributed by atoms with E-state index in [9.17, 15) is 22.8 Å². The van der Waals surface area contributed by atoms with Gasteiger partial charge in [-0.3, -0.25) is 9.59 Å². The molecule has 160 valence electrons. The predicted octanol–water partition coefficient (Wildman–Crippen LogP) is 1.02. The van der Waals surface area contributed by atoms with Gasteiger partial charge < -0.3 is 19.4 Å². The van der Waals surface area contributed by atoms with Gasteiger partial charge in [-0.2, -0.15) is 0 Å². The Balaban J connectivity index is 1.58. The number of furan rings is 1. The number of aryl methyl sites for hydroxylation is 1. The number of hydrogen-bond acceptors (Lipinski definition) is 7. The minimum absolute atomic E-state index is 0.115. The van der Waals surface area contributed by atoms with E-state index in [1.807, 2.05) is 0 Å². The first-order valence-electron chi connectivity index (χ1n) is 9.11. The lowest BCUT2D eigenvalue weighted by Gasteiger charge is -2.22. The van der Waals surface area contributed by atoms with Crippen LogP contribution in [0.2, 0.25) is 0 Å². The third-order valence-corrected chi connectivity index (χ3v) is 5.69. The fourth-order valence-electron chi connectivity index (χ4n) is 3.21. The summed E-state index contributed by atoms with van der Waals surface area (Å²) in [5.74, 6) is -1.65. The summed E-state index contributed by atoms with van der Waals surface area (Å²) in [4.78, 5) is 38.2. The highest BCUT2D eigenvalue weighted by Gasteiger charge is 2.36.